The number of anilines is 1. The Balaban J connectivity index is 1.20. The maximum atomic E-state index is 12.9. The van der Waals surface area contributed by atoms with Crippen LogP contribution in [-0.4, -0.2) is 51.2 Å². The van der Waals surface area contributed by atoms with Crippen molar-refractivity contribution in [1.29, 1.82) is 0 Å². The number of amides is 1. The van der Waals surface area contributed by atoms with Crippen molar-refractivity contribution in [1.82, 2.24) is 19.7 Å². The molecule has 1 N–H and O–H groups in total. The number of halogens is 2. The molecule has 45 heavy (non-hydrogen) atoms. The quantitative estimate of drug-likeness (QED) is 0.228. The smallest absolute Gasteiger partial charge is 0.311 e. The lowest BCUT2D eigenvalue weighted by Crippen LogP contribution is -2.51. The molecule has 1 fully saturated rings. The van der Waals surface area contributed by atoms with Crippen LogP contribution in [0.25, 0.3) is 22.4 Å². The van der Waals surface area contributed by atoms with Gasteiger partial charge in [0.1, 0.15) is 5.56 Å². The summed E-state index contributed by atoms with van der Waals surface area (Å²) < 4.78 is 6.53. The van der Waals surface area contributed by atoms with Crippen LogP contribution in [0, 0.1) is 11.8 Å². The molecule has 6 rings (SSSR count). The Morgan fingerprint density at radius 1 is 1.04 bits per heavy atom. The molecule has 1 saturated heterocycles. The highest BCUT2D eigenvalue weighted by Gasteiger charge is 2.40. The largest absolute Gasteiger partial charge is 0.465 e. The third kappa shape index (κ3) is 6.12. The van der Waals surface area contributed by atoms with Gasteiger partial charge in [-0.1, -0.05) is 67.4 Å². The Morgan fingerprint density at radius 3 is 2.51 bits per heavy atom. The highest BCUT2D eigenvalue weighted by atomic mass is 35.5. The average molecular weight is 647 g/mol. The van der Waals surface area contributed by atoms with E-state index in [0.717, 1.165) is 28.8 Å². The van der Waals surface area contributed by atoms with Crippen LogP contribution >= 0.6 is 23.2 Å². The zero-order valence-electron chi connectivity index (χ0n) is 25.2. The molecule has 9 nitrogen and oxygen atoms in total. The number of carbonyl (C=O) groups excluding carboxylic acids is 2. The van der Waals surface area contributed by atoms with Crippen LogP contribution in [0.1, 0.15) is 47.8 Å². The Hall–Kier alpha value is -4.05. The van der Waals surface area contributed by atoms with E-state index in [1.165, 1.54) is 30.4 Å². The summed E-state index contributed by atoms with van der Waals surface area (Å²) >= 11 is 13.8. The van der Waals surface area contributed by atoms with E-state index in [4.69, 9.17) is 32.9 Å². The summed E-state index contributed by atoms with van der Waals surface area (Å²) in [4.78, 5) is 44.8. The summed E-state index contributed by atoms with van der Waals surface area (Å²) in [5, 5.41) is 7.38. The highest BCUT2D eigenvalue weighted by molar-refractivity contribution is 6.39. The zero-order valence-corrected chi connectivity index (χ0v) is 26.7. The van der Waals surface area contributed by atoms with Crippen molar-refractivity contribution in [2.45, 2.75) is 32.7 Å². The molecule has 0 bridgehead atoms. The molecule has 2 aromatic carbocycles. The summed E-state index contributed by atoms with van der Waals surface area (Å²) in [6.07, 6.45) is 5.21. The van der Waals surface area contributed by atoms with E-state index in [9.17, 15) is 14.4 Å². The van der Waals surface area contributed by atoms with E-state index in [1.54, 1.807) is 12.1 Å². The maximum Gasteiger partial charge on any atom is 0.311 e. The van der Waals surface area contributed by atoms with Crippen LogP contribution < -0.4 is 10.9 Å². The van der Waals surface area contributed by atoms with Gasteiger partial charge in [-0.05, 0) is 48.1 Å². The molecule has 1 atom stereocenters. The Labute approximate surface area is 271 Å². The van der Waals surface area contributed by atoms with Crippen molar-refractivity contribution in [2.75, 3.05) is 25.0 Å². The monoisotopic (exact) mass is 645 g/mol. The first-order chi connectivity index (χ1) is 21.6. The molecule has 2 aliphatic rings. The predicted molar refractivity (Wildman–Crippen MR) is 174 cm³/mol. The van der Waals surface area contributed by atoms with E-state index in [1.807, 2.05) is 44.3 Å². The van der Waals surface area contributed by atoms with Crippen molar-refractivity contribution in [3.8, 4) is 22.4 Å². The van der Waals surface area contributed by atoms with E-state index >= 15 is 0 Å². The van der Waals surface area contributed by atoms with Crippen molar-refractivity contribution in [3.63, 3.8) is 0 Å². The number of hydrogen-bond donors (Lipinski definition) is 1. The van der Waals surface area contributed by atoms with Crippen LogP contribution in [0.4, 0.5) is 5.69 Å². The molecule has 232 valence electrons. The van der Waals surface area contributed by atoms with Crippen LogP contribution in [0.3, 0.4) is 0 Å². The summed E-state index contributed by atoms with van der Waals surface area (Å²) in [6.45, 7) is 5.94. The molecular formula is C34H33Cl2N5O4. The first-order valence-corrected chi connectivity index (χ1v) is 15.7. The van der Waals surface area contributed by atoms with E-state index in [-0.39, 0.29) is 23.5 Å². The Morgan fingerprint density at radius 2 is 1.76 bits per heavy atom. The standard InChI is InChI=1S/C34H33Cl2N5O4/c1-19(2)18-45-34(44)21-16-41(17-21)29-11-10-20-14-28(37-15-26(20)29)24-8-4-6-22(30(24)35)23-7-5-9-27(31(23)36)39-32(42)25-12-13-38-40(3)33(25)43/h4-9,12-15,19,21,29H,10-11,16-18H2,1-3H3,(H,39,42). The highest BCUT2D eigenvalue weighted by Crippen LogP contribution is 2.43. The molecule has 0 radical (unpaired) electrons. The van der Waals surface area contributed by atoms with Crippen molar-refractivity contribution >= 4 is 40.8 Å². The van der Waals surface area contributed by atoms with Gasteiger partial charge in [-0.25, -0.2) is 4.68 Å². The lowest BCUT2D eigenvalue weighted by atomic mass is 9.95. The van der Waals surface area contributed by atoms with Crippen LogP contribution in [0.2, 0.25) is 10.0 Å². The predicted octanol–water partition coefficient (Wildman–Crippen LogP) is 6.19. The molecule has 3 heterocycles. The molecule has 1 amide bonds. The lowest BCUT2D eigenvalue weighted by molar-refractivity contribution is -0.156. The second-order valence-electron chi connectivity index (χ2n) is 12.0. The number of fused-ring (bicyclic) bond motifs is 1. The van der Waals surface area contributed by atoms with Crippen LogP contribution in [-0.2, 0) is 23.0 Å². The van der Waals surface area contributed by atoms with Gasteiger partial charge in [0.25, 0.3) is 11.5 Å². The molecule has 4 aromatic rings. The summed E-state index contributed by atoms with van der Waals surface area (Å²) in [7, 11) is 1.48. The number of likely N-dealkylation sites (tertiary alicyclic amines) is 1. The number of rotatable bonds is 8. The number of benzene rings is 2. The number of esters is 1. The number of ether oxygens (including phenoxy) is 1. The zero-order chi connectivity index (χ0) is 31.8. The third-order valence-electron chi connectivity index (χ3n) is 8.38. The lowest BCUT2D eigenvalue weighted by Gasteiger charge is -2.42. The topological polar surface area (TPSA) is 106 Å². The minimum absolute atomic E-state index is 0.0445. The van der Waals surface area contributed by atoms with Gasteiger partial charge in [0.05, 0.1) is 34.0 Å². The number of nitrogens with one attached hydrogen (secondary N) is 1. The van der Waals surface area contributed by atoms with Gasteiger partial charge in [-0.3, -0.25) is 24.3 Å². The first kappa shape index (κ1) is 31.0. The minimum atomic E-state index is -0.586. The van der Waals surface area contributed by atoms with Gasteiger partial charge in [-0.15, -0.1) is 0 Å². The fourth-order valence-corrected chi connectivity index (χ4v) is 6.52. The SMILES string of the molecule is CC(C)COC(=O)C1CN(C2CCc3cc(-c4cccc(-c5cccc(NC(=O)c6ccnn(C)c6=O)c5Cl)c4Cl)ncc32)C1. The Bertz CT molecular complexity index is 1850. The molecule has 0 saturated carbocycles. The van der Waals surface area contributed by atoms with Gasteiger partial charge >= 0.3 is 5.97 Å². The first-order valence-electron chi connectivity index (χ1n) is 14.9. The van der Waals surface area contributed by atoms with E-state index < -0.39 is 11.5 Å². The molecule has 1 aliphatic carbocycles. The van der Waals surface area contributed by atoms with Gasteiger partial charge in [0, 0.05) is 55.3 Å². The Kier molecular flexibility index (Phi) is 8.77. The number of aryl methyl sites for hydroxylation is 2. The van der Waals surface area contributed by atoms with Crippen molar-refractivity contribution < 1.29 is 14.3 Å². The molecule has 0 spiro atoms. The average Bonchev–Trinajstić information content (AvgIpc) is 3.41. The van der Waals surface area contributed by atoms with Gasteiger partial charge < -0.3 is 10.1 Å². The van der Waals surface area contributed by atoms with Crippen LogP contribution in [0.15, 0.2) is 65.7 Å². The number of hydrogen-bond acceptors (Lipinski definition) is 7. The second kappa shape index (κ2) is 12.7. The fourth-order valence-electron chi connectivity index (χ4n) is 5.92. The fraction of sp³-hybridized carbons (Fsp3) is 0.324. The van der Waals surface area contributed by atoms with Crippen molar-refractivity contribution in [2.24, 2.45) is 18.9 Å². The van der Waals surface area contributed by atoms with Crippen LogP contribution in [0.5, 0.6) is 0 Å². The van der Waals surface area contributed by atoms with Crippen molar-refractivity contribution in [3.05, 3.63) is 98.0 Å². The number of carbonyl (C=O) groups is 2. The van der Waals surface area contributed by atoms with Gasteiger partial charge in [-0.2, -0.15) is 5.10 Å². The van der Waals surface area contributed by atoms with E-state index in [2.05, 4.69) is 21.4 Å². The number of nitrogens with zero attached hydrogens (tertiary/aromatic N) is 4. The molecular weight excluding hydrogens is 613 g/mol. The van der Waals surface area contributed by atoms with E-state index in [0.29, 0.717) is 52.5 Å². The van der Waals surface area contributed by atoms with Gasteiger partial charge in [0.2, 0.25) is 0 Å². The summed E-state index contributed by atoms with van der Waals surface area (Å²) in [5.41, 5.74) is 5.05. The maximum absolute atomic E-state index is 12.9. The minimum Gasteiger partial charge on any atom is -0.465 e. The number of pyridine rings is 1. The summed E-state index contributed by atoms with van der Waals surface area (Å²) in [5.74, 6) is -0.429. The molecule has 2 aromatic heterocycles. The molecule has 11 heteroatoms. The second-order valence-corrected chi connectivity index (χ2v) is 12.7. The van der Waals surface area contributed by atoms with Gasteiger partial charge in [0.15, 0.2) is 0 Å². The molecule has 1 aliphatic heterocycles. The third-order valence-corrected chi connectivity index (χ3v) is 9.19. The summed E-state index contributed by atoms with van der Waals surface area (Å²) in [6, 6.07) is 14.7. The number of aromatic nitrogens is 3. The molecule has 1 unspecified atom stereocenters. The normalized spacial score (nSPS) is 16.4.